The maximum Gasteiger partial charge on any atom is 0.225 e. The van der Waals surface area contributed by atoms with Gasteiger partial charge in [-0.2, -0.15) is 0 Å². The monoisotopic (exact) mass is 363 g/mol. The Morgan fingerprint density at radius 3 is 2.40 bits per heavy atom. The van der Waals surface area contributed by atoms with Crippen LogP contribution >= 0.6 is 11.6 Å². The van der Waals surface area contributed by atoms with Gasteiger partial charge in [-0.05, 0) is 48.9 Å². The van der Waals surface area contributed by atoms with E-state index in [1.165, 1.54) is 12.1 Å². The van der Waals surface area contributed by atoms with Crippen LogP contribution in [0.5, 0.6) is 5.75 Å². The Morgan fingerprint density at radius 2 is 1.72 bits per heavy atom. The van der Waals surface area contributed by atoms with Crippen LogP contribution in [0, 0.1) is 17.7 Å². The number of aromatic nitrogens is 2. The molecule has 2 aromatic rings. The first kappa shape index (κ1) is 16.5. The zero-order chi connectivity index (χ0) is 17.4. The van der Waals surface area contributed by atoms with Crippen molar-refractivity contribution >= 4 is 17.5 Å². The number of hydrogen-bond acceptors (Lipinski definition) is 5. The molecular formula is C18H19ClFN3O2. The number of fused-ring (bicyclic) bond motifs is 1. The van der Waals surface area contributed by atoms with E-state index in [-0.39, 0.29) is 11.9 Å². The minimum absolute atomic E-state index is 0.280. The van der Waals surface area contributed by atoms with Crippen LogP contribution in [-0.4, -0.2) is 40.4 Å². The van der Waals surface area contributed by atoms with Crippen LogP contribution in [0.4, 0.5) is 10.3 Å². The summed E-state index contributed by atoms with van der Waals surface area (Å²) < 4.78 is 18.9. The van der Waals surface area contributed by atoms with Crippen molar-refractivity contribution in [1.82, 2.24) is 9.97 Å². The highest BCUT2D eigenvalue weighted by Crippen LogP contribution is 2.39. The largest absolute Gasteiger partial charge is 0.488 e. The normalized spacial score (nSPS) is 28.7. The van der Waals surface area contributed by atoms with Crippen molar-refractivity contribution in [3.05, 3.63) is 47.5 Å². The van der Waals surface area contributed by atoms with Crippen LogP contribution in [0.25, 0.3) is 0 Å². The fourth-order valence-corrected chi connectivity index (χ4v) is 3.93. The Labute approximate surface area is 150 Å². The first-order chi connectivity index (χ1) is 12.1. The lowest BCUT2D eigenvalue weighted by Crippen LogP contribution is -2.42. The molecular weight excluding hydrogens is 345 g/mol. The summed E-state index contributed by atoms with van der Waals surface area (Å²) in [5, 5.41) is 11.0. The lowest BCUT2D eigenvalue weighted by atomic mass is 9.78. The Morgan fingerprint density at radius 1 is 1.08 bits per heavy atom. The summed E-state index contributed by atoms with van der Waals surface area (Å²) in [6.07, 6.45) is 3.83. The van der Waals surface area contributed by atoms with E-state index in [0.717, 1.165) is 19.5 Å². The standard InChI is InChI=1S/C18H19ClFN3O2/c19-13-7-21-18(22-8-13)23-9-11-5-16(24)17(6-12(11)10-23)25-15-3-1-14(20)2-4-15/h1-4,7-8,11-12,16-17,24H,5-6,9-10H2/t11-,12+,16+,17+/m0/s1. The number of nitrogens with zero attached hydrogens (tertiary/aromatic N) is 3. The van der Waals surface area contributed by atoms with Crippen LogP contribution in [0.2, 0.25) is 5.02 Å². The van der Waals surface area contributed by atoms with Crippen molar-refractivity contribution in [2.24, 2.45) is 11.8 Å². The summed E-state index contributed by atoms with van der Waals surface area (Å²) in [6.45, 7) is 1.66. The molecule has 1 aliphatic heterocycles. The van der Waals surface area contributed by atoms with Gasteiger partial charge in [0.2, 0.25) is 5.95 Å². The van der Waals surface area contributed by atoms with Crippen molar-refractivity contribution in [1.29, 1.82) is 0 Å². The van der Waals surface area contributed by atoms with E-state index in [1.54, 1.807) is 24.5 Å². The Hall–Kier alpha value is -1.92. The molecule has 1 aromatic heterocycles. The Balaban J connectivity index is 1.43. The van der Waals surface area contributed by atoms with Crippen molar-refractivity contribution < 1.29 is 14.2 Å². The van der Waals surface area contributed by atoms with Gasteiger partial charge in [0.05, 0.1) is 23.5 Å². The van der Waals surface area contributed by atoms with Gasteiger partial charge in [-0.1, -0.05) is 11.6 Å². The van der Waals surface area contributed by atoms with Gasteiger partial charge >= 0.3 is 0 Å². The lowest BCUT2D eigenvalue weighted by molar-refractivity contribution is -0.0231. The number of benzene rings is 1. The molecule has 1 aliphatic carbocycles. The molecule has 2 fully saturated rings. The molecule has 4 atom stereocenters. The van der Waals surface area contributed by atoms with Gasteiger partial charge in [-0.3, -0.25) is 0 Å². The Kier molecular flexibility index (Phi) is 4.48. The summed E-state index contributed by atoms with van der Waals surface area (Å²) >= 11 is 5.85. The first-order valence-electron chi connectivity index (χ1n) is 8.41. The van der Waals surface area contributed by atoms with Crippen LogP contribution in [0.15, 0.2) is 36.7 Å². The van der Waals surface area contributed by atoms with E-state index in [1.807, 2.05) is 0 Å². The number of halogens is 2. The molecule has 2 aliphatic rings. The molecule has 1 N–H and O–H groups in total. The summed E-state index contributed by atoms with van der Waals surface area (Å²) in [5.41, 5.74) is 0. The smallest absolute Gasteiger partial charge is 0.225 e. The topological polar surface area (TPSA) is 58.5 Å². The third-order valence-electron chi connectivity index (χ3n) is 5.08. The number of ether oxygens (including phenoxy) is 1. The molecule has 0 radical (unpaired) electrons. The van der Waals surface area contributed by atoms with Crippen molar-refractivity contribution in [2.45, 2.75) is 25.0 Å². The molecule has 7 heteroatoms. The van der Waals surface area contributed by atoms with E-state index in [2.05, 4.69) is 14.9 Å². The quantitative estimate of drug-likeness (QED) is 0.908. The zero-order valence-corrected chi connectivity index (χ0v) is 14.3. The van der Waals surface area contributed by atoms with Crippen molar-refractivity contribution in [3.63, 3.8) is 0 Å². The first-order valence-corrected chi connectivity index (χ1v) is 8.79. The van der Waals surface area contributed by atoms with E-state index in [0.29, 0.717) is 35.0 Å². The fourth-order valence-electron chi connectivity index (χ4n) is 3.84. The molecule has 0 bridgehead atoms. The van der Waals surface area contributed by atoms with Gasteiger partial charge in [0.15, 0.2) is 0 Å². The molecule has 0 spiro atoms. The highest BCUT2D eigenvalue weighted by atomic mass is 35.5. The molecule has 1 saturated carbocycles. The number of rotatable bonds is 3. The average molecular weight is 364 g/mol. The van der Waals surface area contributed by atoms with Gasteiger partial charge in [-0.15, -0.1) is 0 Å². The van der Waals surface area contributed by atoms with Gasteiger partial charge in [0, 0.05) is 13.1 Å². The third kappa shape index (κ3) is 3.55. The summed E-state index contributed by atoms with van der Waals surface area (Å²) in [5.74, 6) is 1.76. The van der Waals surface area contributed by atoms with Gasteiger partial charge in [0.1, 0.15) is 17.7 Å². The molecule has 1 saturated heterocycles. The van der Waals surface area contributed by atoms with Gasteiger partial charge in [0.25, 0.3) is 0 Å². The maximum atomic E-state index is 13.0. The lowest BCUT2D eigenvalue weighted by Gasteiger charge is -2.35. The molecule has 0 unspecified atom stereocenters. The zero-order valence-electron chi connectivity index (χ0n) is 13.6. The third-order valence-corrected chi connectivity index (χ3v) is 5.27. The molecule has 2 heterocycles. The van der Waals surface area contributed by atoms with Crippen LogP contribution in [0.1, 0.15) is 12.8 Å². The van der Waals surface area contributed by atoms with Crippen molar-refractivity contribution in [2.75, 3.05) is 18.0 Å². The predicted molar refractivity (Wildman–Crippen MR) is 92.3 cm³/mol. The number of hydrogen-bond donors (Lipinski definition) is 1. The maximum absolute atomic E-state index is 13.0. The van der Waals surface area contributed by atoms with Crippen molar-refractivity contribution in [3.8, 4) is 5.75 Å². The van der Waals surface area contributed by atoms with Crippen LogP contribution < -0.4 is 9.64 Å². The molecule has 25 heavy (non-hydrogen) atoms. The van der Waals surface area contributed by atoms with E-state index in [4.69, 9.17) is 16.3 Å². The second-order valence-corrected chi connectivity index (χ2v) is 7.21. The average Bonchev–Trinajstić information content (AvgIpc) is 3.00. The Bertz CT molecular complexity index is 728. The van der Waals surface area contributed by atoms with E-state index >= 15 is 0 Å². The minimum atomic E-state index is -0.530. The molecule has 0 amide bonds. The van der Waals surface area contributed by atoms with E-state index in [9.17, 15) is 9.50 Å². The fraction of sp³-hybridized carbons (Fsp3) is 0.444. The summed E-state index contributed by atoms with van der Waals surface area (Å²) in [4.78, 5) is 10.7. The highest BCUT2D eigenvalue weighted by molar-refractivity contribution is 6.30. The number of anilines is 1. The molecule has 4 rings (SSSR count). The van der Waals surface area contributed by atoms with Gasteiger partial charge < -0.3 is 14.7 Å². The van der Waals surface area contributed by atoms with E-state index < -0.39 is 6.10 Å². The molecule has 1 aromatic carbocycles. The van der Waals surface area contributed by atoms with Gasteiger partial charge in [-0.25, -0.2) is 14.4 Å². The second kappa shape index (κ2) is 6.77. The SMILES string of the molecule is O[C@@H]1C[C@H]2CN(c3ncc(Cl)cn3)C[C@H]2C[C@H]1Oc1ccc(F)cc1. The summed E-state index contributed by atoms with van der Waals surface area (Å²) in [7, 11) is 0. The minimum Gasteiger partial charge on any atom is -0.488 e. The van der Waals surface area contributed by atoms with Crippen LogP contribution in [-0.2, 0) is 0 Å². The second-order valence-electron chi connectivity index (χ2n) is 6.78. The number of aliphatic hydroxyl groups excluding tert-OH is 1. The highest BCUT2D eigenvalue weighted by Gasteiger charge is 2.43. The molecule has 5 nitrogen and oxygen atoms in total. The molecule has 132 valence electrons. The summed E-state index contributed by atoms with van der Waals surface area (Å²) in [6, 6.07) is 5.92. The number of aliphatic hydroxyl groups is 1. The van der Waals surface area contributed by atoms with Crippen LogP contribution in [0.3, 0.4) is 0 Å². The predicted octanol–water partition coefficient (Wildman–Crippen LogP) is 2.92.